The quantitative estimate of drug-likeness (QED) is 0.279. The lowest BCUT2D eigenvalue weighted by atomic mass is 9.62. The van der Waals surface area contributed by atoms with Crippen molar-refractivity contribution >= 4 is 28.8 Å². The molecule has 44 heavy (non-hydrogen) atoms. The lowest BCUT2D eigenvalue weighted by molar-refractivity contribution is 0.0688. The largest absolute Gasteiger partial charge is 0.380 e. The number of hydrogen-bond donors (Lipinski definition) is 2. The van der Waals surface area contributed by atoms with Crippen molar-refractivity contribution < 1.29 is 9.59 Å². The molecule has 2 aliphatic carbocycles. The molecule has 0 spiro atoms. The SMILES string of the molecule is C#Cc1nc(C(=O)N2CCc3cc(C(N)=O)ccc3C2c2ccc(NC3(C)CC4CC(C)CC(C4)C3)cc2)cs1.CCCC. The van der Waals surface area contributed by atoms with Crippen LogP contribution in [0.2, 0.25) is 0 Å². The third-order valence-corrected chi connectivity index (χ3v) is 10.3. The van der Waals surface area contributed by atoms with Gasteiger partial charge in [0.25, 0.3) is 5.91 Å². The van der Waals surface area contributed by atoms with Gasteiger partial charge in [-0.05, 0) is 110 Å². The lowest BCUT2D eigenvalue weighted by Gasteiger charge is -2.48. The highest BCUT2D eigenvalue weighted by molar-refractivity contribution is 7.10. The van der Waals surface area contributed by atoms with Crippen LogP contribution in [-0.4, -0.2) is 33.8 Å². The van der Waals surface area contributed by atoms with Crippen molar-refractivity contribution in [2.24, 2.45) is 23.5 Å². The number of fused-ring (bicyclic) bond motifs is 3. The summed E-state index contributed by atoms with van der Waals surface area (Å²) in [6, 6.07) is 13.8. The molecule has 0 radical (unpaired) electrons. The highest BCUT2D eigenvalue weighted by Crippen LogP contribution is 2.47. The van der Waals surface area contributed by atoms with Crippen molar-refractivity contribution in [2.45, 2.75) is 90.6 Å². The van der Waals surface area contributed by atoms with E-state index >= 15 is 0 Å². The van der Waals surface area contributed by atoms with Crippen LogP contribution >= 0.6 is 11.3 Å². The monoisotopic (exact) mass is 610 g/mol. The zero-order chi connectivity index (χ0) is 31.4. The summed E-state index contributed by atoms with van der Waals surface area (Å²) in [7, 11) is 0. The number of hydrogen-bond acceptors (Lipinski definition) is 5. The third-order valence-electron chi connectivity index (χ3n) is 9.55. The normalized spacial score (nSPS) is 25.6. The minimum absolute atomic E-state index is 0.0964. The van der Waals surface area contributed by atoms with Gasteiger partial charge in [-0.2, -0.15) is 0 Å². The van der Waals surface area contributed by atoms with E-state index in [2.05, 4.69) is 68.2 Å². The van der Waals surface area contributed by atoms with E-state index in [1.807, 2.05) is 17.0 Å². The molecule has 2 saturated carbocycles. The number of primary amides is 1. The molecular formula is C37H46N4O2S. The van der Waals surface area contributed by atoms with Crippen LogP contribution in [0.15, 0.2) is 47.8 Å². The fourth-order valence-corrected chi connectivity index (χ4v) is 8.33. The molecule has 232 valence electrons. The van der Waals surface area contributed by atoms with Gasteiger partial charge in [0.2, 0.25) is 5.91 Å². The molecular weight excluding hydrogens is 565 g/mol. The Balaban J connectivity index is 0.000000906. The van der Waals surface area contributed by atoms with Gasteiger partial charge in [-0.1, -0.05) is 51.8 Å². The molecule has 3 N–H and O–H groups in total. The van der Waals surface area contributed by atoms with Crippen molar-refractivity contribution in [3.63, 3.8) is 0 Å². The molecule has 3 aromatic rings. The van der Waals surface area contributed by atoms with E-state index in [0.29, 0.717) is 29.2 Å². The fraction of sp³-hybridized carbons (Fsp3) is 0.486. The number of nitrogens with zero attached hydrogens (tertiary/aromatic N) is 2. The summed E-state index contributed by atoms with van der Waals surface area (Å²) in [6.07, 6.45) is 15.3. The highest BCUT2D eigenvalue weighted by Gasteiger charge is 2.41. The Morgan fingerprint density at radius 1 is 1.09 bits per heavy atom. The van der Waals surface area contributed by atoms with E-state index in [4.69, 9.17) is 12.2 Å². The van der Waals surface area contributed by atoms with Gasteiger partial charge < -0.3 is 16.0 Å². The maximum absolute atomic E-state index is 13.7. The van der Waals surface area contributed by atoms with E-state index in [-0.39, 0.29) is 17.5 Å². The molecule has 2 amide bonds. The molecule has 1 aromatic heterocycles. The Labute approximate surface area is 266 Å². The predicted molar refractivity (Wildman–Crippen MR) is 180 cm³/mol. The van der Waals surface area contributed by atoms with Crippen LogP contribution in [0.4, 0.5) is 5.69 Å². The average Bonchev–Trinajstić information content (AvgIpc) is 3.49. The maximum Gasteiger partial charge on any atom is 0.274 e. The molecule has 7 heteroatoms. The van der Waals surface area contributed by atoms with Crippen LogP contribution in [-0.2, 0) is 6.42 Å². The number of benzene rings is 2. The van der Waals surface area contributed by atoms with Gasteiger partial charge in [-0.3, -0.25) is 9.59 Å². The topological polar surface area (TPSA) is 88.3 Å². The highest BCUT2D eigenvalue weighted by atomic mass is 32.1. The average molecular weight is 611 g/mol. The number of aromatic nitrogens is 1. The number of thiazole rings is 1. The van der Waals surface area contributed by atoms with Crippen LogP contribution in [0.25, 0.3) is 0 Å². The van der Waals surface area contributed by atoms with Crippen molar-refractivity contribution in [2.75, 3.05) is 11.9 Å². The fourth-order valence-electron chi connectivity index (χ4n) is 7.73. The first kappa shape index (κ1) is 31.8. The van der Waals surface area contributed by atoms with Crippen LogP contribution in [0.3, 0.4) is 0 Å². The number of carbonyl (C=O) groups excluding carboxylic acids is 2. The second-order valence-electron chi connectivity index (χ2n) is 13.4. The molecule has 2 fully saturated rings. The Hall–Kier alpha value is -3.63. The number of nitrogens with two attached hydrogens (primary N) is 1. The molecule has 6 rings (SSSR count). The van der Waals surface area contributed by atoms with Crippen LogP contribution in [0.1, 0.15) is 121 Å². The predicted octanol–water partition coefficient (Wildman–Crippen LogP) is 7.83. The Bertz CT molecular complexity index is 1500. The number of anilines is 1. The number of amides is 2. The maximum atomic E-state index is 13.7. The molecule has 6 nitrogen and oxygen atoms in total. The van der Waals surface area contributed by atoms with Crippen molar-refractivity contribution in [3.05, 3.63) is 80.8 Å². The zero-order valence-corrected chi connectivity index (χ0v) is 27.4. The number of terminal acetylenes is 1. The van der Waals surface area contributed by atoms with Crippen LogP contribution in [0.5, 0.6) is 0 Å². The van der Waals surface area contributed by atoms with E-state index in [1.165, 1.54) is 56.3 Å². The Kier molecular flexibility index (Phi) is 9.80. The van der Waals surface area contributed by atoms with Crippen molar-refractivity contribution in [3.8, 4) is 12.3 Å². The van der Waals surface area contributed by atoms with Gasteiger partial charge in [0, 0.05) is 28.7 Å². The van der Waals surface area contributed by atoms with E-state index in [1.54, 1.807) is 11.4 Å². The van der Waals surface area contributed by atoms with E-state index in [9.17, 15) is 9.59 Å². The Morgan fingerprint density at radius 3 is 2.36 bits per heavy atom. The second-order valence-corrected chi connectivity index (χ2v) is 14.2. The van der Waals surface area contributed by atoms with E-state index in [0.717, 1.165) is 40.1 Å². The summed E-state index contributed by atoms with van der Waals surface area (Å²) >= 11 is 1.30. The molecule has 1 aliphatic heterocycles. The third kappa shape index (κ3) is 7.02. The first-order chi connectivity index (χ1) is 21.1. The van der Waals surface area contributed by atoms with Gasteiger partial charge in [-0.25, -0.2) is 4.98 Å². The molecule has 3 aliphatic rings. The number of carbonyl (C=O) groups is 2. The molecule has 3 atom stereocenters. The van der Waals surface area contributed by atoms with Crippen molar-refractivity contribution in [1.29, 1.82) is 0 Å². The standard InChI is InChI=1S/C33H36N4O2S.C4H10/c1-4-29-35-28(19-40-29)32(39)37-12-11-24-16-25(31(34)38)7-10-27(24)30(37)23-5-8-26(9-6-23)36-33(3)17-21-13-20(2)14-22(15-21)18-33;1-3-4-2/h1,5-10,16,19-22,30,36H,11-15,17-18H2,2-3H3,(H2,34,38);3-4H2,1-2H3. The molecule has 2 heterocycles. The van der Waals surface area contributed by atoms with Gasteiger partial charge in [0.1, 0.15) is 5.69 Å². The summed E-state index contributed by atoms with van der Waals surface area (Å²) in [5, 5.41) is 6.10. The smallest absolute Gasteiger partial charge is 0.274 e. The molecule has 2 bridgehead atoms. The summed E-state index contributed by atoms with van der Waals surface area (Å²) in [5.74, 6) is 4.39. The van der Waals surface area contributed by atoms with Gasteiger partial charge >= 0.3 is 0 Å². The lowest BCUT2D eigenvalue weighted by Crippen LogP contribution is -2.45. The van der Waals surface area contributed by atoms with Crippen LogP contribution < -0.4 is 11.1 Å². The first-order valence-corrected chi connectivity index (χ1v) is 17.0. The molecule has 3 unspecified atom stereocenters. The summed E-state index contributed by atoms with van der Waals surface area (Å²) in [6.45, 7) is 9.64. The van der Waals surface area contributed by atoms with Crippen LogP contribution in [0, 0.1) is 30.1 Å². The summed E-state index contributed by atoms with van der Waals surface area (Å²) < 4.78 is 0. The minimum atomic E-state index is -0.452. The number of unbranched alkanes of at least 4 members (excludes halogenated alkanes) is 1. The van der Waals surface area contributed by atoms with Crippen molar-refractivity contribution in [1.82, 2.24) is 9.88 Å². The molecule has 0 saturated heterocycles. The van der Waals surface area contributed by atoms with Gasteiger partial charge in [0.15, 0.2) is 5.01 Å². The number of rotatable bonds is 6. The Morgan fingerprint density at radius 2 is 1.77 bits per heavy atom. The molecule has 2 aromatic carbocycles. The summed E-state index contributed by atoms with van der Waals surface area (Å²) in [4.78, 5) is 31.8. The first-order valence-electron chi connectivity index (χ1n) is 16.2. The van der Waals surface area contributed by atoms with Gasteiger partial charge in [0.05, 0.1) is 6.04 Å². The second kappa shape index (κ2) is 13.6. The van der Waals surface area contributed by atoms with Gasteiger partial charge in [-0.15, -0.1) is 17.8 Å². The summed E-state index contributed by atoms with van der Waals surface area (Å²) in [5.41, 5.74) is 10.7. The van der Waals surface area contributed by atoms with E-state index < -0.39 is 5.91 Å². The minimum Gasteiger partial charge on any atom is -0.380 e. The zero-order valence-electron chi connectivity index (χ0n) is 26.6. The number of nitrogens with one attached hydrogen (secondary N) is 1.